The van der Waals surface area contributed by atoms with Crippen LogP contribution in [0.2, 0.25) is 0 Å². The van der Waals surface area contributed by atoms with Crippen LogP contribution in [0.4, 0.5) is 10.1 Å². The maximum Gasteiger partial charge on any atom is 0.255 e. The van der Waals surface area contributed by atoms with E-state index in [9.17, 15) is 14.0 Å². The molecule has 21 heavy (non-hydrogen) atoms. The van der Waals surface area contributed by atoms with E-state index in [2.05, 4.69) is 5.32 Å². The van der Waals surface area contributed by atoms with Crippen LogP contribution in [0.25, 0.3) is 0 Å². The Balaban J connectivity index is 2.08. The van der Waals surface area contributed by atoms with Gasteiger partial charge in [-0.1, -0.05) is 12.1 Å². The van der Waals surface area contributed by atoms with Gasteiger partial charge in [0.05, 0.1) is 0 Å². The third kappa shape index (κ3) is 4.31. The fourth-order valence-electron chi connectivity index (χ4n) is 1.65. The van der Waals surface area contributed by atoms with Crippen LogP contribution in [0.5, 0.6) is 5.75 Å². The Hall–Kier alpha value is -2.89. The van der Waals surface area contributed by atoms with Crippen LogP contribution in [-0.4, -0.2) is 18.4 Å². The number of anilines is 1. The lowest BCUT2D eigenvalue weighted by atomic mass is 10.2. The summed E-state index contributed by atoms with van der Waals surface area (Å²) in [7, 11) is 0. The molecule has 108 valence electrons. The molecule has 3 N–H and O–H groups in total. The highest BCUT2D eigenvalue weighted by Gasteiger charge is 2.08. The van der Waals surface area contributed by atoms with Crippen molar-refractivity contribution in [2.24, 2.45) is 5.73 Å². The second-order valence-corrected chi connectivity index (χ2v) is 4.25. The van der Waals surface area contributed by atoms with Crippen LogP contribution in [0.15, 0.2) is 48.5 Å². The molecule has 0 saturated carbocycles. The first-order valence-corrected chi connectivity index (χ1v) is 6.12. The van der Waals surface area contributed by atoms with E-state index >= 15 is 0 Å². The molecule has 0 fully saturated rings. The van der Waals surface area contributed by atoms with Gasteiger partial charge in [0.15, 0.2) is 6.61 Å². The number of nitrogens with one attached hydrogen (secondary N) is 1. The first-order chi connectivity index (χ1) is 10.0. The molecule has 2 rings (SSSR count). The summed E-state index contributed by atoms with van der Waals surface area (Å²) < 4.78 is 18.2. The Bertz CT molecular complexity index is 673. The van der Waals surface area contributed by atoms with E-state index < -0.39 is 17.6 Å². The summed E-state index contributed by atoms with van der Waals surface area (Å²) in [5, 5.41) is 2.57. The number of hydrogen-bond acceptors (Lipinski definition) is 3. The van der Waals surface area contributed by atoms with Gasteiger partial charge >= 0.3 is 0 Å². The minimum absolute atomic E-state index is 0.269. The molecule has 2 aromatic carbocycles. The molecule has 0 saturated heterocycles. The number of hydrogen-bond donors (Lipinski definition) is 2. The minimum atomic E-state index is -0.607. The molecule has 0 heterocycles. The summed E-state index contributed by atoms with van der Waals surface area (Å²) in [6.07, 6.45) is 0. The largest absolute Gasteiger partial charge is 0.484 e. The first-order valence-electron chi connectivity index (χ1n) is 6.12. The van der Waals surface area contributed by atoms with Crippen molar-refractivity contribution in [1.29, 1.82) is 0 Å². The normalized spacial score (nSPS) is 9.95. The number of halogens is 1. The molecule has 0 aromatic heterocycles. The Morgan fingerprint density at radius 1 is 1.14 bits per heavy atom. The molecule has 0 aliphatic rings. The predicted octanol–water partition coefficient (Wildman–Crippen LogP) is 1.94. The summed E-state index contributed by atoms with van der Waals surface area (Å²) in [4.78, 5) is 22.7. The summed E-state index contributed by atoms with van der Waals surface area (Å²) in [5.41, 5.74) is 5.65. The van der Waals surface area contributed by atoms with Crippen molar-refractivity contribution >= 4 is 17.5 Å². The molecule has 0 unspecified atom stereocenters. The summed E-state index contributed by atoms with van der Waals surface area (Å²) in [5.74, 6) is -1.11. The van der Waals surface area contributed by atoms with Gasteiger partial charge < -0.3 is 15.8 Å². The van der Waals surface area contributed by atoms with E-state index in [1.54, 1.807) is 24.3 Å². The van der Waals surface area contributed by atoms with E-state index in [-0.39, 0.29) is 6.61 Å². The topological polar surface area (TPSA) is 81.4 Å². The van der Waals surface area contributed by atoms with Crippen LogP contribution < -0.4 is 15.8 Å². The van der Waals surface area contributed by atoms with Crippen molar-refractivity contribution in [2.45, 2.75) is 0 Å². The van der Waals surface area contributed by atoms with Gasteiger partial charge in [0.2, 0.25) is 0 Å². The average molecular weight is 288 g/mol. The van der Waals surface area contributed by atoms with E-state index in [4.69, 9.17) is 10.5 Å². The molecule has 0 bridgehead atoms. The fourth-order valence-corrected chi connectivity index (χ4v) is 1.65. The van der Waals surface area contributed by atoms with Crippen LogP contribution in [0, 0.1) is 5.82 Å². The standard InChI is InChI=1S/C15H13FN2O3/c16-11-4-2-5-12(8-11)18-15(20)10-3-1-6-13(7-10)21-9-14(17)19/h1-8H,9H2,(H2,17,19)(H,18,20). The predicted molar refractivity (Wildman–Crippen MR) is 75.5 cm³/mol. The smallest absolute Gasteiger partial charge is 0.255 e. The Morgan fingerprint density at radius 3 is 2.62 bits per heavy atom. The fraction of sp³-hybridized carbons (Fsp3) is 0.0667. The van der Waals surface area contributed by atoms with Gasteiger partial charge in [0, 0.05) is 11.3 Å². The molecule has 0 aliphatic carbocycles. The SMILES string of the molecule is NC(=O)COc1cccc(C(=O)Nc2cccc(F)c2)c1. The Labute approximate surface area is 120 Å². The number of nitrogens with two attached hydrogens (primary N) is 1. The average Bonchev–Trinajstić information content (AvgIpc) is 2.45. The third-order valence-corrected chi connectivity index (χ3v) is 2.56. The van der Waals surface area contributed by atoms with Gasteiger partial charge in [-0.25, -0.2) is 4.39 Å². The second-order valence-electron chi connectivity index (χ2n) is 4.25. The highest BCUT2D eigenvalue weighted by Crippen LogP contribution is 2.16. The molecular formula is C15H13FN2O3. The molecule has 5 nitrogen and oxygen atoms in total. The number of amides is 2. The van der Waals surface area contributed by atoms with Crippen molar-refractivity contribution < 1.29 is 18.7 Å². The summed E-state index contributed by atoms with van der Waals surface area (Å²) in [6.45, 7) is -0.269. The maximum absolute atomic E-state index is 13.0. The molecule has 0 spiro atoms. The third-order valence-electron chi connectivity index (χ3n) is 2.56. The number of carbonyl (C=O) groups excluding carboxylic acids is 2. The van der Waals surface area contributed by atoms with Crippen LogP contribution in [-0.2, 0) is 4.79 Å². The zero-order chi connectivity index (χ0) is 15.2. The number of benzene rings is 2. The van der Waals surface area contributed by atoms with Crippen molar-refractivity contribution in [3.63, 3.8) is 0 Å². The lowest BCUT2D eigenvalue weighted by Gasteiger charge is -2.08. The van der Waals surface area contributed by atoms with Crippen molar-refractivity contribution in [3.05, 3.63) is 59.9 Å². The first kappa shape index (κ1) is 14.5. The van der Waals surface area contributed by atoms with Crippen LogP contribution >= 0.6 is 0 Å². The molecular weight excluding hydrogens is 275 g/mol. The van der Waals surface area contributed by atoms with Gasteiger partial charge in [-0.2, -0.15) is 0 Å². The molecule has 0 atom stereocenters. The quantitative estimate of drug-likeness (QED) is 0.882. The van der Waals surface area contributed by atoms with Crippen molar-refractivity contribution in [3.8, 4) is 5.75 Å². The number of carbonyl (C=O) groups is 2. The zero-order valence-electron chi connectivity index (χ0n) is 11.0. The minimum Gasteiger partial charge on any atom is -0.484 e. The second kappa shape index (κ2) is 6.51. The van der Waals surface area contributed by atoms with Crippen molar-refractivity contribution in [2.75, 3.05) is 11.9 Å². The van der Waals surface area contributed by atoms with Crippen molar-refractivity contribution in [1.82, 2.24) is 0 Å². The van der Waals surface area contributed by atoms with E-state index in [1.807, 2.05) is 0 Å². The molecule has 0 aliphatic heterocycles. The zero-order valence-corrected chi connectivity index (χ0v) is 11.0. The van der Waals surface area contributed by atoms with Gasteiger partial charge in [-0.3, -0.25) is 9.59 Å². The lowest BCUT2D eigenvalue weighted by molar-refractivity contribution is -0.119. The van der Waals surface area contributed by atoms with Gasteiger partial charge in [-0.05, 0) is 36.4 Å². The van der Waals surface area contributed by atoms with E-state index in [0.29, 0.717) is 17.0 Å². The molecule has 0 radical (unpaired) electrons. The Morgan fingerprint density at radius 2 is 1.90 bits per heavy atom. The van der Waals surface area contributed by atoms with Gasteiger partial charge in [0.1, 0.15) is 11.6 Å². The number of primary amides is 1. The highest BCUT2D eigenvalue weighted by atomic mass is 19.1. The van der Waals surface area contributed by atoms with E-state index in [0.717, 1.165) is 0 Å². The van der Waals surface area contributed by atoms with Crippen LogP contribution in [0.3, 0.4) is 0 Å². The van der Waals surface area contributed by atoms with E-state index in [1.165, 1.54) is 24.3 Å². The lowest BCUT2D eigenvalue weighted by Crippen LogP contribution is -2.20. The number of rotatable bonds is 5. The monoisotopic (exact) mass is 288 g/mol. The maximum atomic E-state index is 13.0. The molecule has 2 aromatic rings. The molecule has 2 amide bonds. The number of ether oxygens (including phenoxy) is 1. The van der Waals surface area contributed by atoms with Gasteiger partial charge in [0.25, 0.3) is 11.8 Å². The Kier molecular flexibility index (Phi) is 4.50. The van der Waals surface area contributed by atoms with Crippen LogP contribution in [0.1, 0.15) is 10.4 Å². The summed E-state index contributed by atoms with van der Waals surface area (Å²) in [6, 6.07) is 11.8. The molecule has 6 heteroatoms. The highest BCUT2D eigenvalue weighted by molar-refractivity contribution is 6.04. The summed E-state index contributed by atoms with van der Waals surface area (Å²) >= 11 is 0. The van der Waals surface area contributed by atoms with Gasteiger partial charge in [-0.15, -0.1) is 0 Å².